The molecule has 1 unspecified atom stereocenters. The molecular weight excluding hydrogens is 341 g/mol. The van der Waals surface area contributed by atoms with Crippen LogP contribution in [0.1, 0.15) is 32.9 Å². The van der Waals surface area contributed by atoms with Crippen LogP contribution in [0.2, 0.25) is 0 Å². The van der Waals surface area contributed by atoms with E-state index >= 15 is 0 Å². The second-order valence-electron chi connectivity index (χ2n) is 7.91. The number of pyridine rings is 2. The van der Waals surface area contributed by atoms with Gasteiger partial charge in [-0.3, -0.25) is 4.98 Å². The number of aromatic nitrogens is 2. The van der Waals surface area contributed by atoms with Crippen molar-refractivity contribution in [3.05, 3.63) is 54.1 Å². The minimum Gasteiger partial charge on any atom is -0.491 e. The molecule has 0 radical (unpaired) electrons. The molecule has 1 aromatic carbocycles. The van der Waals surface area contributed by atoms with Crippen LogP contribution in [0.3, 0.4) is 0 Å². The molecule has 27 heavy (non-hydrogen) atoms. The molecule has 1 atom stereocenters. The van der Waals surface area contributed by atoms with E-state index in [9.17, 15) is 4.39 Å². The van der Waals surface area contributed by atoms with Gasteiger partial charge >= 0.3 is 0 Å². The summed E-state index contributed by atoms with van der Waals surface area (Å²) >= 11 is 0. The number of benzene rings is 1. The number of hydrogen-bond acceptors (Lipinski definition) is 4. The first-order valence-corrected chi connectivity index (χ1v) is 9.17. The lowest BCUT2D eigenvalue weighted by Gasteiger charge is -2.23. The molecule has 5 heteroatoms. The summed E-state index contributed by atoms with van der Waals surface area (Å²) in [5, 5.41) is 0.873. The Morgan fingerprint density at radius 2 is 1.96 bits per heavy atom. The van der Waals surface area contributed by atoms with E-state index in [0.717, 1.165) is 34.5 Å². The topological polar surface area (TPSA) is 61.0 Å². The molecule has 0 bridgehead atoms. The number of hydrogen-bond donors (Lipinski definition) is 1. The van der Waals surface area contributed by atoms with Crippen molar-refractivity contribution in [3.8, 4) is 17.0 Å². The van der Waals surface area contributed by atoms with Gasteiger partial charge in [0.1, 0.15) is 11.6 Å². The Labute approximate surface area is 159 Å². The van der Waals surface area contributed by atoms with Crippen LogP contribution in [-0.4, -0.2) is 22.1 Å². The van der Waals surface area contributed by atoms with Crippen molar-refractivity contribution in [2.24, 2.45) is 11.7 Å². The maximum Gasteiger partial charge on any atom is 0.140 e. The number of aryl methyl sites for hydroxylation is 1. The molecule has 0 aliphatic heterocycles. The van der Waals surface area contributed by atoms with Crippen LogP contribution in [0.5, 0.6) is 5.75 Å². The van der Waals surface area contributed by atoms with Crippen molar-refractivity contribution in [1.29, 1.82) is 0 Å². The number of fused-ring (bicyclic) bond motifs is 1. The van der Waals surface area contributed by atoms with Crippen molar-refractivity contribution >= 4 is 10.9 Å². The Bertz CT molecular complexity index is 950. The molecule has 2 aromatic heterocycles. The van der Waals surface area contributed by atoms with Crippen LogP contribution in [0, 0.1) is 18.7 Å². The minimum absolute atomic E-state index is 0.207. The highest BCUT2D eigenvalue weighted by Gasteiger charge is 2.17. The van der Waals surface area contributed by atoms with E-state index in [-0.39, 0.29) is 11.4 Å². The third kappa shape index (κ3) is 4.80. The summed E-state index contributed by atoms with van der Waals surface area (Å²) in [6.07, 6.45) is 2.56. The smallest absolute Gasteiger partial charge is 0.140 e. The number of nitrogens with zero attached hydrogens (tertiary/aromatic N) is 2. The molecule has 0 saturated carbocycles. The molecule has 0 spiro atoms. The SMILES string of the molecule is Cc1nc(-c2ccnc3cc(F)ccc23)ccc1OCC(C)CC(C)(C)N. The summed E-state index contributed by atoms with van der Waals surface area (Å²) in [7, 11) is 0. The van der Waals surface area contributed by atoms with E-state index in [1.165, 1.54) is 12.1 Å². The normalized spacial score (nSPS) is 13.0. The lowest BCUT2D eigenvalue weighted by atomic mass is 9.93. The van der Waals surface area contributed by atoms with Gasteiger partial charge in [0.05, 0.1) is 23.5 Å². The molecule has 3 rings (SSSR count). The van der Waals surface area contributed by atoms with Gasteiger partial charge in [-0.2, -0.15) is 0 Å². The zero-order chi connectivity index (χ0) is 19.6. The molecule has 0 fully saturated rings. The van der Waals surface area contributed by atoms with Crippen LogP contribution >= 0.6 is 0 Å². The second kappa shape index (κ2) is 7.61. The number of ether oxygens (including phenoxy) is 1. The summed E-state index contributed by atoms with van der Waals surface area (Å²) < 4.78 is 19.4. The van der Waals surface area contributed by atoms with Gasteiger partial charge in [-0.1, -0.05) is 6.92 Å². The number of nitrogens with two attached hydrogens (primary N) is 1. The third-order valence-corrected chi connectivity index (χ3v) is 4.42. The Morgan fingerprint density at radius 1 is 1.19 bits per heavy atom. The van der Waals surface area contributed by atoms with Crippen molar-refractivity contribution in [3.63, 3.8) is 0 Å². The van der Waals surface area contributed by atoms with E-state index in [1.54, 1.807) is 12.3 Å². The van der Waals surface area contributed by atoms with Crippen molar-refractivity contribution in [2.75, 3.05) is 6.61 Å². The molecule has 0 aliphatic rings. The lowest BCUT2D eigenvalue weighted by molar-refractivity contribution is 0.227. The lowest BCUT2D eigenvalue weighted by Crippen LogP contribution is -2.35. The summed E-state index contributed by atoms with van der Waals surface area (Å²) in [6, 6.07) is 10.4. The summed E-state index contributed by atoms with van der Waals surface area (Å²) in [6.45, 7) is 8.71. The maximum atomic E-state index is 13.5. The predicted octanol–water partition coefficient (Wildman–Crippen LogP) is 4.89. The first-order chi connectivity index (χ1) is 12.7. The first kappa shape index (κ1) is 19.2. The van der Waals surface area contributed by atoms with Gasteiger partial charge in [0.25, 0.3) is 0 Å². The van der Waals surface area contributed by atoms with Crippen LogP contribution in [0.4, 0.5) is 4.39 Å². The van der Waals surface area contributed by atoms with Gasteiger partial charge in [0.2, 0.25) is 0 Å². The average molecular weight is 367 g/mol. The first-order valence-electron chi connectivity index (χ1n) is 9.17. The van der Waals surface area contributed by atoms with E-state index in [2.05, 4.69) is 11.9 Å². The van der Waals surface area contributed by atoms with Gasteiger partial charge in [-0.05, 0) is 63.4 Å². The Morgan fingerprint density at radius 3 is 2.67 bits per heavy atom. The Balaban J connectivity index is 1.81. The van der Waals surface area contributed by atoms with Gasteiger partial charge in [-0.15, -0.1) is 0 Å². The zero-order valence-electron chi connectivity index (χ0n) is 16.3. The quantitative estimate of drug-likeness (QED) is 0.674. The summed E-state index contributed by atoms with van der Waals surface area (Å²) in [5.74, 6) is 0.822. The number of rotatable bonds is 6. The molecule has 0 saturated heterocycles. The molecule has 2 N–H and O–H groups in total. The average Bonchev–Trinajstić information content (AvgIpc) is 2.58. The largest absolute Gasteiger partial charge is 0.491 e. The fraction of sp³-hybridized carbons (Fsp3) is 0.364. The predicted molar refractivity (Wildman–Crippen MR) is 107 cm³/mol. The number of halogens is 1. The molecule has 0 amide bonds. The fourth-order valence-corrected chi connectivity index (χ4v) is 3.38. The Kier molecular flexibility index (Phi) is 5.42. The maximum absolute atomic E-state index is 13.5. The van der Waals surface area contributed by atoms with Crippen LogP contribution < -0.4 is 10.5 Å². The highest BCUT2D eigenvalue weighted by molar-refractivity contribution is 5.93. The summed E-state index contributed by atoms with van der Waals surface area (Å²) in [4.78, 5) is 8.94. The van der Waals surface area contributed by atoms with E-state index in [1.807, 2.05) is 39.0 Å². The fourth-order valence-electron chi connectivity index (χ4n) is 3.38. The van der Waals surface area contributed by atoms with Crippen LogP contribution in [0.15, 0.2) is 42.6 Å². The van der Waals surface area contributed by atoms with E-state index < -0.39 is 0 Å². The van der Waals surface area contributed by atoms with Gasteiger partial charge in [-0.25, -0.2) is 9.37 Å². The van der Waals surface area contributed by atoms with E-state index in [0.29, 0.717) is 18.0 Å². The molecule has 0 aliphatic carbocycles. The highest BCUT2D eigenvalue weighted by atomic mass is 19.1. The summed E-state index contributed by atoms with van der Waals surface area (Å²) in [5.41, 5.74) is 9.04. The second-order valence-corrected chi connectivity index (χ2v) is 7.91. The van der Waals surface area contributed by atoms with Gasteiger partial charge < -0.3 is 10.5 Å². The standard InChI is InChI=1S/C22H26FN3O/c1-14(12-22(3,4)24)13-27-21-8-7-19(26-15(21)2)18-9-10-25-20-11-16(23)5-6-17(18)20/h5-11,14H,12-13,24H2,1-4H3. The van der Waals surface area contributed by atoms with Crippen molar-refractivity contribution in [2.45, 2.75) is 39.7 Å². The van der Waals surface area contributed by atoms with Gasteiger partial charge in [0, 0.05) is 28.8 Å². The van der Waals surface area contributed by atoms with E-state index in [4.69, 9.17) is 15.5 Å². The highest BCUT2D eigenvalue weighted by Crippen LogP contribution is 2.29. The van der Waals surface area contributed by atoms with Crippen LogP contribution in [-0.2, 0) is 0 Å². The van der Waals surface area contributed by atoms with Crippen LogP contribution in [0.25, 0.3) is 22.2 Å². The zero-order valence-corrected chi connectivity index (χ0v) is 16.3. The van der Waals surface area contributed by atoms with Crippen molar-refractivity contribution < 1.29 is 9.13 Å². The third-order valence-electron chi connectivity index (χ3n) is 4.42. The van der Waals surface area contributed by atoms with Crippen molar-refractivity contribution in [1.82, 2.24) is 9.97 Å². The van der Waals surface area contributed by atoms with Gasteiger partial charge in [0.15, 0.2) is 0 Å². The minimum atomic E-state index is -0.296. The molecular formula is C22H26FN3O. The molecule has 3 aromatic rings. The Hall–Kier alpha value is -2.53. The molecule has 4 nitrogen and oxygen atoms in total. The monoisotopic (exact) mass is 367 g/mol. The molecule has 2 heterocycles. The molecule has 142 valence electrons.